The lowest BCUT2D eigenvalue weighted by molar-refractivity contribution is 0.000236. The van der Waals surface area contributed by atoms with Gasteiger partial charge < -0.3 is 0 Å². The fraction of sp³-hybridized carbons (Fsp3) is 1.00. The van der Waals surface area contributed by atoms with Crippen LogP contribution in [0.3, 0.4) is 0 Å². The molecule has 0 radical (unpaired) electrons. The molecule has 0 aromatic carbocycles. The molecular weight excluding hydrogens is 206 g/mol. The summed E-state index contributed by atoms with van der Waals surface area (Å²) in [5.74, 6) is 3.08. The third-order valence-electron chi connectivity index (χ3n) is 5.72. The summed E-state index contributed by atoms with van der Waals surface area (Å²) in [5, 5.41) is 0. The van der Waals surface area contributed by atoms with Crippen LogP contribution in [0.15, 0.2) is 0 Å². The van der Waals surface area contributed by atoms with Crippen LogP contribution in [0, 0.1) is 23.7 Å². The van der Waals surface area contributed by atoms with Gasteiger partial charge in [0.1, 0.15) is 0 Å². The van der Waals surface area contributed by atoms with Gasteiger partial charge in [-0.05, 0) is 56.5 Å². The Kier molecular flexibility index (Phi) is 5.07. The summed E-state index contributed by atoms with van der Waals surface area (Å²) in [6, 6.07) is 0. The van der Waals surface area contributed by atoms with E-state index in [9.17, 15) is 0 Å². The van der Waals surface area contributed by atoms with Crippen LogP contribution >= 0.6 is 0 Å². The van der Waals surface area contributed by atoms with Gasteiger partial charge in [-0.15, -0.1) is 0 Å². The van der Waals surface area contributed by atoms with Crippen molar-refractivity contribution >= 4 is 0 Å². The molecule has 0 spiro atoms. The van der Waals surface area contributed by atoms with Crippen molar-refractivity contribution in [2.24, 2.45) is 23.7 Å². The van der Waals surface area contributed by atoms with Crippen molar-refractivity contribution in [3.05, 3.63) is 0 Å². The number of likely N-dealkylation sites (tertiary alicyclic amines) is 1. The van der Waals surface area contributed by atoms with Crippen LogP contribution < -0.4 is 0 Å². The van der Waals surface area contributed by atoms with Gasteiger partial charge in [-0.25, -0.2) is 0 Å². The van der Waals surface area contributed by atoms with Crippen molar-refractivity contribution in [3.8, 4) is 0 Å². The van der Waals surface area contributed by atoms with Gasteiger partial charge in [0.15, 0.2) is 0 Å². The molecule has 1 heterocycles. The van der Waals surface area contributed by atoms with Crippen molar-refractivity contribution < 1.29 is 0 Å². The minimum Gasteiger partial charge on any atom is -0.297 e. The van der Waals surface area contributed by atoms with Crippen molar-refractivity contribution in [2.75, 3.05) is 13.1 Å². The van der Waals surface area contributed by atoms with E-state index >= 15 is 0 Å². The first-order valence-corrected chi connectivity index (χ1v) is 7.56. The highest BCUT2D eigenvalue weighted by Gasteiger charge is 2.43. The monoisotopic (exact) mass is 239 g/mol. The molecule has 17 heavy (non-hydrogen) atoms. The van der Waals surface area contributed by atoms with Gasteiger partial charge in [-0.3, -0.25) is 4.90 Å². The maximum atomic E-state index is 2.77. The molecule has 3 atom stereocenters. The minimum atomic E-state index is 0.375. The molecule has 1 nitrogen and oxygen atoms in total. The molecule has 0 N–H and O–H groups in total. The Hall–Kier alpha value is -0.0400. The third-order valence-corrected chi connectivity index (χ3v) is 5.72. The molecule has 0 amide bonds. The second kappa shape index (κ2) is 5.73. The zero-order chi connectivity index (χ0) is 13.2. The molecule has 1 heteroatoms. The maximum absolute atomic E-state index is 2.77. The number of rotatable bonds is 5. The van der Waals surface area contributed by atoms with E-state index in [1.165, 1.54) is 25.9 Å². The maximum Gasteiger partial charge on any atom is 0.0232 e. The van der Waals surface area contributed by atoms with Crippen LogP contribution in [0.25, 0.3) is 0 Å². The first-order chi connectivity index (χ1) is 7.81. The molecule has 1 saturated heterocycles. The summed E-state index contributed by atoms with van der Waals surface area (Å²) in [6.45, 7) is 19.6. The quantitative estimate of drug-likeness (QED) is 0.686. The van der Waals surface area contributed by atoms with E-state index in [0.29, 0.717) is 5.54 Å². The number of nitrogens with zero attached hydrogens (tertiary/aromatic N) is 1. The first kappa shape index (κ1) is 15.0. The molecule has 0 saturated carbocycles. The molecule has 0 aromatic rings. The summed E-state index contributed by atoms with van der Waals surface area (Å²) >= 11 is 0. The van der Waals surface area contributed by atoms with Crippen molar-refractivity contribution in [2.45, 2.75) is 66.8 Å². The van der Waals surface area contributed by atoms with Gasteiger partial charge in [0.25, 0.3) is 0 Å². The van der Waals surface area contributed by atoms with E-state index in [-0.39, 0.29) is 0 Å². The lowest BCUT2D eigenvalue weighted by Gasteiger charge is -2.50. The molecule has 0 bridgehead atoms. The summed E-state index contributed by atoms with van der Waals surface area (Å²) in [5.41, 5.74) is 0.375. The zero-order valence-electron chi connectivity index (χ0n) is 13.1. The summed E-state index contributed by atoms with van der Waals surface area (Å²) < 4.78 is 0. The molecule has 0 aliphatic carbocycles. The van der Waals surface area contributed by atoms with Gasteiger partial charge in [-0.2, -0.15) is 0 Å². The first-order valence-electron chi connectivity index (χ1n) is 7.56. The average molecular weight is 239 g/mol. The Morgan fingerprint density at radius 2 is 1.35 bits per heavy atom. The molecule has 1 aliphatic heterocycles. The number of hydrogen-bond donors (Lipinski definition) is 0. The molecule has 1 rings (SSSR count). The van der Waals surface area contributed by atoms with Crippen LogP contribution in [-0.2, 0) is 0 Å². The van der Waals surface area contributed by atoms with Gasteiger partial charge in [0.05, 0.1) is 0 Å². The second-order valence-corrected chi connectivity index (χ2v) is 6.97. The highest BCUT2D eigenvalue weighted by Crippen LogP contribution is 2.40. The molecule has 1 fully saturated rings. The lowest BCUT2D eigenvalue weighted by atomic mass is 9.68. The predicted octanol–water partition coefficient (Wildman–Crippen LogP) is 4.43. The van der Waals surface area contributed by atoms with Crippen LogP contribution in [-0.4, -0.2) is 23.5 Å². The Bertz CT molecular complexity index is 228. The Balaban J connectivity index is 2.90. The molecule has 0 aromatic heterocycles. The van der Waals surface area contributed by atoms with Crippen LogP contribution in [0.4, 0.5) is 0 Å². The smallest absolute Gasteiger partial charge is 0.0232 e. The Morgan fingerprint density at radius 3 is 1.71 bits per heavy atom. The van der Waals surface area contributed by atoms with E-state index in [1.54, 1.807) is 0 Å². The second-order valence-electron chi connectivity index (χ2n) is 6.97. The molecule has 102 valence electrons. The van der Waals surface area contributed by atoms with Crippen molar-refractivity contribution in [3.63, 3.8) is 0 Å². The van der Waals surface area contributed by atoms with Crippen LogP contribution in [0.5, 0.6) is 0 Å². The van der Waals surface area contributed by atoms with Crippen molar-refractivity contribution in [1.82, 2.24) is 4.90 Å². The predicted molar refractivity (Wildman–Crippen MR) is 77.2 cm³/mol. The lowest BCUT2D eigenvalue weighted by Crippen LogP contribution is -2.55. The normalized spacial score (nSPS) is 25.2. The minimum absolute atomic E-state index is 0.375. The Morgan fingerprint density at radius 1 is 0.882 bits per heavy atom. The van der Waals surface area contributed by atoms with E-state index in [0.717, 1.165) is 23.7 Å². The largest absolute Gasteiger partial charge is 0.297 e. The van der Waals surface area contributed by atoms with E-state index in [4.69, 9.17) is 0 Å². The summed E-state index contributed by atoms with van der Waals surface area (Å²) in [4.78, 5) is 2.77. The SMILES string of the molecule is CC(C)C(C)C(C)C(C)(C(C)C)N1CCCC1. The zero-order valence-corrected chi connectivity index (χ0v) is 13.1. The number of hydrogen-bond acceptors (Lipinski definition) is 1. The van der Waals surface area contributed by atoms with Gasteiger partial charge in [-0.1, -0.05) is 41.5 Å². The highest BCUT2D eigenvalue weighted by atomic mass is 15.2. The Labute approximate surface area is 109 Å². The fourth-order valence-corrected chi connectivity index (χ4v) is 3.49. The van der Waals surface area contributed by atoms with Crippen LogP contribution in [0.1, 0.15) is 61.3 Å². The summed E-state index contributed by atoms with van der Waals surface area (Å²) in [7, 11) is 0. The molecule has 3 unspecified atom stereocenters. The van der Waals surface area contributed by atoms with Gasteiger partial charge >= 0.3 is 0 Å². The fourth-order valence-electron chi connectivity index (χ4n) is 3.49. The van der Waals surface area contributed by atoms with Crippen LogP contribution in [0.2, 0.25) is 0 Å². The molecule has 1 aliphatic rings. The third kappa shape index (κ3) is 2.86. The molecular formula is C16H33N. The van der Waals surface area contributed by atoms with Gasteiger partial charge in [0.2, 0.25) is 0 Å². The summed E-state index contributed by atoms with van der Waals surface area (Å²) in [6.07, 6.45) is 2.79. The average Bonchev–Trinajstić information content (AvgIpc) is 2.79. The van der Waals surface area contributed by atoms with E-state index < -0.39 is 0 Å². The topological polar surface area (TPSA) is 3.24 Å². The van der Waals surface area contributed by atoms with Crippen molar-refractivity contribution in [1.29, 1.82) is 0 Å². The van der Waals surface area contributed by atoms with E-state index in [1.807, 2.05) is 0 Å². The van der Waals surface area contributed by atoms with E-state index in [2.05, 4.69) is 53.4 Å². The van der Waals surface area contributed by atoms with Gasteiger partial charge in [0, 0.05) is 5.54 Å². The standard InChI is InChI=1S/C16H33N/c1-12(2)14(5)15(6)16(7,13(3)4)17-10-8-9-11-17/h12-15H,8-11H2,1-7H3. The highest BCUT2D eigenvalue weighted by molar-refractivity contribution is 4.97.